The van der Waals surface area contributed by atoms with Crippen molar-refractivity contribution in [1.82, 2.24) is 0 Å². The second kappa shape index (κ2) is 17.9. The van der Waals surface area contributed by atoms with Gasteiger partial charge in [0.15, 0.2) is 0 Å². The van der Waals surface area contributed by atoms with Crippen LogP contribution < -0.4 is 4.90 Å². The van der Waals surface area contributed by atoms with Crippen LogP contribution in [0, 0.1) is 0 Å². The Labute approximate surface area is 432 Å². The van der Waals surface area contributed by atoms with Gasteiger partial charge in [0.1, 0.15) is 0 Å². The molecule has 13 aromatic carbocycles. The van der Waals surface area contributed by atoms with Crippen molar-refractivity contribution < 1.29 is 0 Å². The summed E-state index contributed by atoms with van der Waals surface area (Å²) in [5, 5.41) is 7.46. The third-order valence-corrected chi connectivity index (χ3v) is 15.5. The summed E-state index contributed by atoms with van der Waals surface area (Å²) < 4.78 is 0. The first-order valence-corrected chi connectivity index (χ1v) is 25.7. The van der Waals surface area contributed by atoms with Crippen molar-refractivity contribution in [2.45, 2.75) is 5.41 Å². The lowest BCUT2D eigenvalue weighted by Gasteiger charge is -2.34. The number of hydrogen-bond acceptors (Lipinski definition) is 1. The molecule has 0 saturated carbocycles. The predicted octanol–water partition coefficient (Wildman–Crippen LogP) is 19.6. The van der Waals surface area contributed by atoms with Crippen molar-refractivity contribution in [3.8, 4) is 55.6 Å². The van der Waals surface area contributed by atoms with E-state index in [0.29, 0.717) is 0 Å². The van der Waals surface area contributed by atoms with Gasteiger partial charge in [-0.1, -0.05) is 249 Å². The molecule has 0 radical (unpaired) electrons. The van der Waals surface area contributed by atoms with Gasteiger partial charge in [-0.3, -0.25) is 0 Å². The van der Waals surface area contributed by atoms with Crippen LogP contribution in [0.4, 0.5) is 17.1 Å². The van der Waals surface area contributed by atoms with Gasteiger partial charge < -0.3 is 4.90 Å². The zero-order chi connectivity index (χ0) is 49.0. The number of nitrogens with zero attached hydrogens (tertiary/aromatic N) is 1. The number of hydrogen-bond donors (Lipinski definition) is 0. The maximum absolute atomic E-state index is 2.44. The summed E-state index contributed by atoms with van der Waals surface area (Å²) in [6.45, 7) is 0. The highest BCUT2D eigenvalue weighted by molar-refractivity contribution is 6.22. The summed E-state index contributed by atoms with van der Waals surface area (Å²) in [6.07, 6.45) is 0. The maximum Gasteiger partial charge on any atom is 0.0713 e. The van der Waals surface area contributed by atoms with Crippen molar-refractivity contribution in [1.29, 1.82) is 0 Å². The fourth-order valence-electron chi connectivity index (χ4n) is 12.2. The average molecular weight is 940 g/mol. The third kappa shape index (κ3) is 7.08. The summed E-state index contributed by atoms with van der Waals surface area (Å²) in [6, 6.07) is 110. The van der Waals surface area contributed by atoms with Gasteiger partial charge in [-0.2, -0.15) is 0 Å². The number of rotatable bonds is 9. The molecule has 0 aromatic heterocycles. The Morgan fingerprint density at radius 3 is 1.43 bits per heavy atom. The zero-order valence-corrected chi connectivity index (χ0v) is 40.7. The van der Waals surface area contributed by atoms with E-state index in [1.807, 2.05) is 0 Å². The van der Waals surface area contributed by atoms with Crippen molar-refractivity contribution in [3.63, 3.8) is 0 Å². The van der Waals surface area contributed by atoms with Crippen LogP contribution in [0.25, 0.3) is 88.0 Å². The Morgan fingerprint density at radius 2 is 0.716 bits per heavy atom. The summed E-state index contributed by atoms with van der Waals surface area (Å²) in [5.74, 6) is 0. The highest BCUT2D eigenvalue weighted by atomic mass is 15.1. The molecule has 1 aliphatic rings. The molecule has 0 spiro atoms. The highest BCUT2D eigenvalue weighted by Crippen LogP contribution is 2.57. The largest absolute Gasteiger partial charge is 0.310 e. The molecule has 14 rings (SSSR count). The van der Waals surface area contributed by atoms with Gasteiger partial charge in [0.25, 0.3) is 0 Å². The molecular formula is C73H49N. The Kier molecular flexibility index (Phi) is 10.5. The van der Waals surface area contributed by atoms with E-state index in [2.05, 4.69) is 302 Å². The van der Waals surface area contributed by atoms with Crippen LogP contribution in [0.15, 0.2) is 297 Å². The van der Waals surface area contributed by atoms with E-state index in [1.54, 1.807) is 0 Å². The number of anilines is 3. The molecule has 346 valence electrons. The normalized spacial score (nSPS) is 12.4. The first kappa shape index (κ1) is 43.2. The van der Waals surface area contributed by atoms with E-state index in [4.69, 9.17) is 0 Å². The summed E-state index contributed by atoms with van der Waals surface area (Å²) in [4.78, 5) is 2.44. The van der Waals surface area contributed by atoms with E-state index >= 15 is 0 Å². The van der Waals surface area contributed by atoms with Gasteiger partial charge in [0.2, 0.25) is 0 Å². The zero-order valence-electron chi connectivity index (χ0n) is 40.7. The molecule has 0 N–H and O–H groups in total. The summed E-state index contributed by atoms with van der Waals surface area (Å²) >= 11 is 0. The second-order valence-corrected chi connectivity index (χ2v) is 19.5. The first-order valence-electron chi connectivity index (χ1n) is 25.7. The predicted molar refractivity (Wildman–Crippen MR) is 313 cm³/mol. The van der Waals surface area contributed by atoms with Gasteiger partial charge in [-0.05, 0) is 159 Å². The lowest BCUT2D eigenvalue weighted by atomic mass is 9.68. The topological polar surface area (TPSA) is 3.24 Å². The molecule has 1 heteroatoms. The van der Waals surface area contributed by atoms with Crippen LogP contribution in [-0.4, -0.2) is 0 Å². The molecule has 13 aromatic rings. The van der Waals surface area contributed by atoms with Crippen molar-refractivity contribution in [2.24, 2.45) is 0 Å². The van der Waals surface area contributed by atoms with Crippen LogP contribution in [0.3, 0.4) is 0 Å². The molecule has 0 aliphatic heterocycles. The van der Waals surface area contributed by atoms with E-state index in [1.165, 1.54) is 99.1 Å². The molecule has 0 atom stereocenters. The Hall–Kier alpha value is -9.56. The molecule has 0 saturated heterocycles. The number of benzene rings is 13. The van der Waals surface area contributed by atoms with E-state index in [9.17, 15) is 0 Å². The molecule has 0 unspecified atom stereocenters. The fraction of sp³-hybridized carbons (Fsp3) is 0.0137. The summed E-state index contributed by atoms with van der Waals surface area (Å²) in [5.41, 5.74) is 20.0. The standard InChI is InChI=1S/C73H49N/c1-5-21-52(22-6-1)71-66-34-16-15-32-63(66)64-44-40-57(48-68(64)72(71)53-23-7-2-8-24-53)55-26-19-31-61(47-55)74(60-41-38-51(39-42-60)56-37-36-50-20-13-14-25-54(50)46-56)62-43-45-70-67(49-62)65-33-17-18-35-69(65)73(70,58-27-9-3-10-28-58)59-29-11-4-12-30-59/h1-49H. The van der Waals surface area contributed by atoms with Crippen LogP contribution in [0.5, 0.6) is 0 Å². The smallest absolute Gasteiger partial charge is 0.0713 e. The maximum atomic E-state index is 2.44. The van der Waals surface area contributed by atoms with Crippen LogP contribution >= 0.6 is 0 Å². The van der Waals surface area contributed by atoms with E-state index in [-0.39, 0.29) is 0 Å². The van der Waals surface area contributed by atoms with Gasteiger partial charge in [-0.25, -0.2) is 0 Å². The minimum absolute atomic E-state index is 0.486. The van der Waals surface area contributed by atoms with Crippen molar-refractivity contribution in [3.05, 3.63) is 320 Å². The van der Waals surface area contributed by atoms with Crippen molar-refractivity contribution >= 4 is 49.4 Å². The minimum Gasteiger partial charge on any atom is -0.310 e. The molecule has 74 heavy (non-hydrogen) atoms. The Balaban J connectivity index is 0.963. The molecule has 1 aliphatic carbocycles. The lowest BCUT2D eigenvalue weighted by molar-refractivity contribution is 0.768. The van der Waals surface area contributed by atoms with Crippen LogP contribution in [-0.2, 0) is 5.41 Å². The van der Waals surface area contributed by atoms with Gasteiger partial charge in [-0.15, -0.1) is 0 Å². The quantitative estimate of drug-likeness (QED) is 0.130. The highest BCUT2D eigenvalue weighted by Gasteiger charge is 2.46. The Bertz CT molecular complexity index is 4180. The summed E-state index contributed by atoms with van der Waals surface area (Å²) in [7, 11) is 0. The van der Waals surface area contributed by atoms with Crippen LogP contribution in [0.2, 0.25) is 0 Å². The SMILES string of the molecule is c1ccc(-c2c(-c3ccccc3)c3cc(-c4cccc(N(c5ccc(-c6ccc7ccccc7c6)cc5)c5ccc6c(c5)-c5ccccc5C6(c5ccccc5)c5ccccc5)c4)ccc3c3ccccc23)cc1. The third-order valence-electron chi connectivity index (χ3n) is 15.5. The molecule has 0 amide bonds. The fourth-order valence-corrected chi connectivity index (χ4v) is 12.2. The average Bonchev–Trinajstić information content (AvgIpc) is 3.86. The van der Waals surface area contributed by atoms with Gasteiger partial charge in [0, 0.05) is 17.1 Å². The van der Waals surface area contributed by atoms with Gasteiger partial charge in [0.05, 0.1) is 5.41 Å². The van der Waals surface area contributed by atoms with Crippen LogP contribution in [0.1, 0.15) is 22.3 Å². The lowest BCUT2D eigenvalue weighted by Crippen LogP contribution is -2.28. The Morgan fingerprint density at radius 1 is 0.230 bits per heavy atom. The minimum atomic E-state index is -0.486. The molecule has 0 fully saturated rings. The molecule has 0 heterocycles. The molecule has 0 bridgehead atoms. The molecule has 1 nitrogen and oxygen atoms in total. The van der Waals surface area contributed by atoms with Gasteiger partial charge >= 0.3 is 0 Å². The monoisotopic (exact) mass is 939 g/mol. The second-order valence-electron chi connectivity index (χ2n) is 19.5. The molecular weight excluding hydrogens is 891 g/mol. The van der Waals surface area contributed by atoms with E-state index < -0.39 is 5.41 Å². The first-order chi connectivity index (χ1) is 36.7. The van der Waals surface area contributed by atoms with E-state index in [0.717, 1.165) is 28.2 Å². The van der Waals surface area contributed by atoms with Crippen molar-refractivity contribution in [2.75, 3.05) is 4.90 Å². The number of fused-ring (bicyclic) bond motifs is 7.